The van der Waals surface area contributed by atoms with Crippen LogP contribution in [0.1, 0.15) is 18.4 Å². The van der Waals surface area contributed by atoms with Gasteiger partial charge in [-0.2, -0.15) is 0 Å². The average Bonchev–Trinajstić information content (AvgIpc) is 2.81. The fraction of sp³-hybridized carbons (Fsp3) is 0.458. The van der Waals surface area contributed by atoms with Gasteiger partial charge in [-0.05, 0) is 42.7 Å². The van der Waals surface area contributed by atoms with Crippen molar-refractivity contribution in [2.45, 2.75) is 18.3 Å². The summed E-state index contributed by atoms with van der Waals surface area (Å²) >= 11 is 0. The summed E-state index contributed by atoms with van der Waals surface area (Å²) in [5, 5.41) is 3.63. The molecule has 0 aliphatic carbocycles. The van der Waals surface area contributed by atoms with Gasteiger partial charge in [0.1, 0.15) is 5.82 Å². The van der Waals surface area contributed by atoms with Gasteiger partial charge in [0.25, 0.3) is 0 Å². The van der Waals surface area contributed by atoms with Crippen molar-refractivity contribution in [2.75, 3.05) is 57.9 Å². The third-order valence-electron chi connectivity index (χ3n) is 6.40. The van der Waals surface area contributed by atoms with Gasteiger partial charge in [0.05, 0.1) is 0 Å². The van der Waals surface area contributed by atoms with Gasteiger partial charge < -0.3 is 19.9 Å². The highest BCUT2D eigenvalue weighted by Gasteiger charge is 2.35. The minimum atomic E-state index is -0.194. The van der Waals surface area contributed by atoms with Crippen molar-refractivity contribution in [1.82, 2.24) is 10.2 Å². The first-order valence-corrected chi connectivity index (χ1v) is 10.8. The van der Waals surface area contributed by atoms with Gasteiger partial charge in [0, 0.05) is 64.1 Å². The molecule has 0 aromatic heterocycles. The molecule has 0 bridgehead atoms. The van der Waals surface area contributed by atoms with Crippen LogP contribution in [0.3, 0.4) is 0 Å². The smallest absolute Gasteiger partial charge is 0.193 e. The summed E-state index contributed by atoms with van der Waals surface area (Å²) in [6.07, 6.45) is 1.84. The highest BCUT2D eigenvalue weighted by atomic mass is 19.1. The van der Waals surface area contributed by atoms with Crippen LogP contribution in [0.4, 0.5) is 10.1 Å². The molecule has 0 unspecified atom stereocenters. The number of hydrogen-bond donors (Lipinski definition) is 1. The molecule has 5 nitrogen and oxygen atoms in total. The summed E-state index contributed by atoms with van der Waals surface area (Å²) in [7, 11) is 1.85. The van der Waals surface area contributed by atoms with Crippen LogP contribution in [0.2, 0.25) is 0 Å². The average molecular weight is 411 g/mol. The van der Waals surface area contributed by atoms with E-state index in [9.17, 15) is 4.39 Å². The molecule has 0 atom stereocenters. The molecule has 2 aliphatic rings. The maximum atomic E-state index is 13.5. The van der Waals surface area contributed by atoms with Crippen molar-refractivity contribution in [3.05, 3.63) is 66.0 Å². The van der Waals surface area contributed by atoms with E-state index in [0.29, 0.717) is 0 Å². The molecule has 0 spiro atoms. The van der Waals surface area contributed by atoms with E-state index in [1.165, 1.54) is 11.3 Å². The van der Waals surface area contributed by atoms with E-state index in [0.717, 1.165) is 64.7 Å². The van der Waals surface area contributed by atoms with E-state index >= 15 is 0 Å². The van der Waals surface area contributed by atoms with Gasteiger partial charge in [0.15, 0.2) is 5.96 Å². The van der Waals surface area contributed by atoms with Gasteiger partial charge in [-0.15, -0.1) is 0 Å². The molecule has 1 N–H and O–H groups in total. The van der Waals surface area contributed by atoms with Crippen molar-refractivity contribution < 1.29 is 9.13 Å². The third-order valence-corrected chi connectivity index (χ3v) is 6.40. The predicted molar refractivity (Wildman–Crippen MR) is 120 cm³/mol. The van der Waals surface area contributed by atoms with Crippen LogP contribution in [0.25, 0.3) is 0 Å². The first-order chi connectivity index (χ1) is 14.7. The number of aliphatic imine (C=N–C) groups is 1. The van der Waals surface area contributed by atoms with Crippen molar-refractivity contribution >= 4 is 11.6 Å². The summed E-state index contributed by atoms with van der Waals surface area (Å²) < 4.78 is 19.1. The molecule has 2 aromatic rings. The molecule has 4 rings (SSSR count). The fourth-order valence-electron chi connectivity index (χ4n) is 4.53. The van der Waals surface area contributed by atoms with E-state index in [1.807, 2.05) is 19.2 Å². The number of rotatable bonds is 4. The van der Waals surface area contributed by atoms with Gasteiger partial charge in [-0.1, -0.05) is 30.3 Å². The molecule has 160 valence electrons. The number of nitrogens with one attached hydrogen (secondary N) is 1. The molecular formula is C24H31FN4O. The summed E-state index contributed by atoms with van der Waals surface area (Å²) in [6, 6.07) is 17.5. The number of guanidine groups is 1. The zero-order valence-corrected chi connectivity index (χ0v) is 17.7. The van der Waals surface area contributed by atoms with Crippen molar-refractivity contribution in [1.29, 1.82) is 0 Å². The van der Waals surface area contributed by atoms with Gasteiger partial charge in [0.2, 0.25) is 0 Å². The summed E-state index contributed by atoms with van der Waals surface area (Å²) in [4.78, 5) is 9.30. The number of anilines is 1. The number of piperazine rings is 1. The lowest BCUT2D eigenvalue weighted by Crippen LogP contribution is -2.55. The monoisotopic (exact) mass is 410 g/mol. The van der Waals surface area contributed by atoms with E-state index in [2.05, 4.69) is 50.4 Å². The lowest BCUT2D eigenvalue weighted by atomic mass is 9.74. The Bertz CT molecular complexity index is 826. The van der Waals surface area contributed by atoms with E-state index < -0.39 is 0 Å². The normalized spacial score (nSPS) is 19.6. The second-order valence-corrected chi connectivity index (χ2v) is 8.11. The van der Waals surface area contributed by atoms with Gasteiger partial charge >= 0.3 is 0 Å². The second kappa shape index (κ2) is 9.47. The highest BCUT2D eigenvalue weighted by Crippen LogP contribution is 2.34. The van der Waals surface area contributed by atoms with Crippen LogP contribution >= 0.6 is 0 Å². The summed E-state index contributed by atoms with van der Waals surface area (Å²) in [5.74, 6) is 0.747. The number of para-hydroxylation sites is 1. The summed E-state index contributed by atoms with van der Waals surface area (Å²) in [5.41, 5.74) is 2.38. The highest BCUT2D eigenvalue weighted by molar-refractivity contribution is 5.80. The zero-order chi connectivity index (χ0) is 20.8. The number of hydrogen-bond acceptors (Lipinski definition) is 3. The van der Waals surface area contributed by atoms with Crippen molar-refractivity contribution in [2.24, 2.45) is 4.99 Å². The quantitative estimate of drug-likeness (QED) is 0.620. The van der Waals surface area contributed by atoms with Gasteiger partial charge in [-0.25, -0.2) is 4.39 Å². The number of ether oxygens (including phenoxy) is 1. The molecule has 2 saturated heterocycles. The number of benzene rings is 2. The van der Waals surface area contributed by atoms with Crippen LogP contribution in [0, 0.1) is 5.82 Å². The molecule has 2 aliphatic heterocycles. The molecule has 2 aromatic carbocycles. The zero-order valence-electron chi connectivity index (χ0n) is 17.7. The van der Waals surface area contributed by atoms with Crippen LogP contribution < -0.4 is 10.2 Å². The van der Waals surface area contributed by atoms with Crippen LogP contribution in [-0.2, 0) is 10.2 Å². The van der Waals surface area contributed by atoms with Crippen LogP contribution in [0.5, 0.6) is 0 Å². The molecule has 30 heavy (non-hydrogen) atoms. The molecule has 2 fully saturated rings. The van der Waals surface area contributed by atoms with E-state index in [1.54, 1.807) is 12.1 Å². The van der Waals surface area contributed by atoms with Crippen molar-refractivity contribution in [3.63, 3.8) is 0 Å². The Balaban J connectivity index is 1.40. The topological polar surface area (TPSA) is 40.1 Å². The Morgan fingerprint density at radius 2 is 1.67 bits per heavy atom. The minimum absolute atomic E-state index is 0.0618. The number of nitrogens with zero attached hydrogens (tertiary/aromatic N) is 3. The fourth-order valence-corrected chi connectivity index (χ4v) is 4.53. The lowest BCUT2D eigenvalue weighted by molar-refractivity contribution is 0.0511. The predicted octanol–water partition coefficient (Wildman–Crippen LogP) is 3.27. The van der Waals surface area contributed by atoms with E-state index in [-0.39, 0.29) is 11.2 Å². The Morgan fingerprint density at radius 1 is 1.00 bits per heavy atom. The Labute approximate surface area is 178 Å². The maximum absolute atomic E-state index is 13.5. The molecule has 0 radical (unpaired) electrons. The van der Waals surface area contributed by atoms with Gasteiger partial charge in [-0.3, -0.25) is 4.99 Å². The second-order valence-electron chi connectivity index (χ2n) is 8.11. The minimum Gasteiger partial charge on any atom is -0.381 e. The third kappa shape index (κ3) is 4.59. The SMILES string of the molecule is CN=C(NCC1(c2ccc(F)cc2)CCOCC1)N1CCN(c2ccccc2)CC1. The molecule has 0 saturated carbocycles. The Morgan fingerprint density at radius 3 is 2.30 bits per heavy atom. The Hall–Kier alpha value is -2.60. The Kier molecular flexibility index (Phi) is 6.53. The molecule has 2 heterocycles. The lowest BCUT2D eigenvalue weighted by Gasteiger charge is -2.41. The summed E-state index contributed by atoms with van der Waals surface area (Å²) in [6.45, 7) is 6.04. The van der Waals surface area contributed by atoms with E-state index in [4.69, 9.17) is 4.74 Å². The first kappa shape index (κ1) is 20.7. The van der Waals surface area contributed by atoms with Crippen molar-refractivity contribution in [3.8, 4) is 0 Å². The first-order valence-electron chi connectivity index (χ1n) is 10.8. The standard InChI is InChI=1S/C24H31FN4O/c1-26-23(29-15-13-28(14-16-29)22-5-3-2-4-6-22)27-19-24(11-17-30-18-12-24)20-7-9-21(25)10-8-20/h2-10H,11-19H2,1H3,(H,26,27). The number of halogens is 1. The molecule has 0 amide bonds. The molecular weight excluding hydrogens is 379 g/mol. The largest absolute Gasteiger partial charge is 0.381 e. The van der Waals surface area contributed by atoms with Crippen LogP contribution in [-0.4, -0.2) is 63.8 Å². The van der Waals surface area contributed by atoms with Crippen LogP contribution in [0.15, 0.2) is 59.6 Å². The maximum Gasteiger partial charge on any atom is 0.193 e. The molecule has 6 heteroatoms.